The number of hydrogen-bond acceptors (Lipinski definition) is 4. The van der Waals surface area contributed by atoms with Crippen molar-refractivity contribution in [1.29, 1.82) is 0 Å². The minimum Gasteiger partial charge on any atom is -0.352 e. The molecule has 148 valence electrons. The number of nitrogens with one attached hydrogen (secondary N) is 1. The van der Waals surface area contributed by atoms with Crippen LogP contribution in [0, 0.1) is 12.8 Å². The molecule has 2 aromatic carbocycles. The highest BCUT2D eigenvalue weighted by atomic mass is 35.5. The summed E-state index contributed by atoms with van der Waals surface area (Å²) < 4.78 is 22.5. The highest BCUT2D eigenvalue weighted by Gasteiger charge is 2.35. The van der Waals surface area contributed by atoms with Gasteiger partial charge in [-0.3, -0.25) is 9.59 Å². The summed E-state index contributed by atoms with van der Waals surface area (Å²) in [5.74, 6) is -0.821. The number of primary sulfonamides is 1. The number of carbonyl (C=O) groups excluding carboxylic acids is 2. The van der Waals surface area contributed by atoms with Gasteiger partial charge in [-0.05, 0) is 42.3 Å². The van der Waals surface area contributed by atoms with Crippen molar-refractivity contribution >= 4 is 39.1 Å². The Morgan fingerprint density at radius 1 is 1.25 bits per heavy atom. The predicted molar refractivity (Wildman–Crippen MR) is 106 cm³/mol. The summed E-state index contributed by atoms with van der Waals surface area (Å²) in [6.07, 6.45) is 0.127. The van der Waals surface area contributed by atoms with Gasteiger partial charge < -0.3 is 10.2 Å². The van der Waals surface area contributed by atoms with Gasteiger partial charge in [-0.1, -0.05) is 29.8 Å². The standard InChI is InChI=1S/C19H20ClN3O4S/c1-12-2-5-15(9-17(12)20)23-11-14(8-18(23)24)19(25)22-10-13-3-6-16(7-4-13)28(21,26)27/h2-7,9,14H,8,10-11H2,1H3,(H,22,25)(H2,21,26,27). The van der Waals surface area contributed by atoms with Gasteiger partial charge >= 0.3 is 0 Å². The zero-order valence-corrected chi connectivity index (χ0v) is 16.8. The monoisotopic (exact) mass is 421 g/mol. The van der Waals surface area contributed by atoms with Crippen LogP contribution in [0.4, 0.5) is 5.69 Å². The third-order valence-corrected chi connectivity index (χ3v) is 6.02. The molecule has 9 heteroatoms. The highest BCUT2D eigenvalue weighted by Crippen LogP contribution is 2.28. The lowest BCUT2D eigenvalue weighted by atomic mass is 10.1. The summed E-state index contributed by atoms with van der Waals surface area (Å²) >= 11 is 6.13. The Labute approximate surface area is 168 Å². The molecule has 0 spiro atoms. The average molecular weight is 422 g/mol. The Bertz CT molecular complexity index is 1020. The molecule has 0 aromatic heterocycles. The van der Waals surface area contributed by atoms with Crippen molar-refractivity contribution in [2.75, 3.05) is 11.4 Å². The van der Waals surface area contributed by atoms with Crippen LogP contribution < -0.4 is 15.4 Å². The third kappa shape index (κ3) is 4.52. The lowest BCUT2D eigenvalue weighted by molar-refractivity contribution is -0.126. The smallest absolute Gasteiger partial charge is 0.238 e. The van der Waals surface area contributed by atoms with Gasteiger partial charge in [-0.25, -0.2) is 13.6 Å². The minimum atomic E-state index is -3.75. The molecular weight excluding hydrogens is 402 g/mol. The Balaban J connectivity index is 1.61. The van der Waals surface area contributed by atoms with Crippen LogP contribution in [-0.2, 0) is 26.2 Å². The predicted octanol–water partition coefficient (Wildman–Crippen LogP) is 1.97. The molecule has 1 heterocycles. The van der Waals surface area contributed by atoms with Crippen LogP contribution in [0.25, 0.3) is 0 Å². The minimum absolute atomic E-state index is 0.0105. The Kier molecular flexibility index (Phi) is 5.74. The van der Waals surface area contributed by atoms with Crippen LogP contribution in [0.2, 0.25) is 5.02 Å². The van der Waals surface area contributed by atoms with Crippen molar-refractivity contribution in [3.05, 3.63) is 58.6 Å². The van der Waals surface area contributed by atoms with Crippen LogP contribution in [0.3, 0.4) is 0 Å². The van der Waals surface area contributed by atoms with E-state index in [1.807, 2.05) is 19.1 Å². The summed E-state index contributed by atoms with van der Waals surface area (Å²) in [6.45, 7) is 2.39. The molecule has 3 N–H and O–H groups in total. The normalized spacial score (nSPS) is 17.0. The maximum Gasteiger partial charge on any atom is 0.238 e. The van der Waals surface area contributed by atoms with Gasteiger partial charge in [0, 0.05) is 30.2 Å². The van der Waals surface area contributed by atoms with Crippen molar-refractivity contribution in [3.63, 3.8) is 0 Å². The number of nitrogens with two attached hydrogens (primary N) is 1. The maximum atomic E-state index is 12.5. The first kappa shape index (κ1) is 20.3. The zero-order chi connectivity index (χ0) is 20.5. The number of rotatable bonds is 5. The third-order valence-electron chi connectivity index (χ3n) is 4.68. The summed E-state index contributed by atoms with van der Waals surface area (Å²) in [5, 5.41) is 8.42. The van der Waals surface area contributed by atoms with E-state index >= 15 is 0 Å². The first-order valence-electron chi connectivity index (χ1n) is 8.61. The lowest BCUT2D eigenvalue weighted by Crippen LogP contribution is -2.32. The average Bonchev–Trinajstić information content (AvgIpc) is 3.03. The topological polar surface area (TPSA) is 110 Å². The van der Waals surface area contributed by atoms with E-state index in [0.717, 1.165) is 11.1 Å². The summed E-state index contributed by atoms with van der Waals surface area (Å²) in [4.78, 5) is 26.4. The largest absolute Gasteiger partial charge is 0.352 e. The Hall–Kier alpha value is -2.42. The van der Waals surface area contributed by atoms with Gasteiger partial charge in [0.2, 0.25) is 21.8 Å². The molecule has 1 saturated heterocycles. The lowest BCUT2D eigenvalue weighted by Gasteiger charge is -2.17. The van der Waals surface area contributed by atoms with E-state index < -0.39 is 15.9 Å². The number of hydrogen-bond donors (Lipinski definition) is 2. The molecule has 2 amide bonds. The van der Waals surface area contributed by atoms with E-state index in [0.29, 0.717) is 10.7 Å². The maximum absolute atomic E-state index is 12.5. The SMILES string of the molecule is Cc1ccc(N2CC(C(=O)NCc3ccc(S(N)(=O)=O)cc3)CC2=O)cc1Cl. The Morgan fingerprint density at radius 2 is 1.93 bits per heavy atom. The molecule has 28 heavy (non-hydrogen) atoms. The number of amides is 2. The van der Waals surface area contributed by atoms with Gasteiger partial charge in [0.15, 0.2) is 0 Å². The second-order valence-electron chi connectivity index (χ2n) is 6.75. The Morgan fingerprint density at radius 3 is 2.54 bits per heavy atom. The number of aryl methyl sites for hydroxylation is 1. The van der Waals surface area contributed by atoms with E-state index in [-0.39, 0.29) is 36.2 Å². The van der Waals surface area contributed by atoms with Crippen LogP contribution in [-0.4, -0.2) is 26.8 Å². The van der Waals surface area contributed by atoms with Crippen LogP contribution >= 0.6 is 11.6 Å². The van der Waals surface area contributed by atoms with E-state index in [1.165, 1.54) is 12.1 Å². The molecule has 1 unspecified atom stereocenters. The molecule has 0 radical (unpaired) electrons. The van der Waals surface area contributed by atoms with Crippen molar-refractivity contribution in [3.8, 4) is 0 Å². The fourth-order valence-electron chi connectivity index (χ4n) is 3.01. The number of sulfonamides is 1. The number of anilines is 1. The summed E-state index contributed by atoms with van der Waals surface area (Å²) in [7, 11) is -3.75. The second kappa shape index (κ2) is 7.90. The number of halogens is 1. The molecule has 1 atom stereocenters. The molecule has 7 nitrogen and oxygen atoms in total. The summed E-state index contributed by atoms with van der Waals surface area (Å²) in [6, 6.07) is 11.3. The van der Waals surface area contributed by atoms with E-state index in [9.17, 15) is 18.0 Å². The molecular formula is C19H20ClN3O4S. The first-order valence-corrected chi connectivity index (χ1v) is 10.5. The van der Waals surface area contributed by atoms with E-state index in [4.69, 9.17) is 16.7 Å². The van der Waals surface area contributed by atoms with Crippen LogP contribution in [0.15, 0.2) is 47.4 Å². The van der Waals surface area contributed by atoms with Gasteiger partial charge in [0.25, 0.3) is 0 Å². The molecule has 3 rings (SSSR count). The molecule has 0 saturated carbocycles. The van der Waals surface area contributed by atoms with Gasteiger partial charge in [0.1, 0.15) is 0 Å². The number of benzene rings is 2. The van der Waals surface area contributed by atoms with Crippen molar-refractivity contribution in [2.45, 2.75) is 24.8 Å². The quantitative estimate of drug-likeness (QED) is 0.768. The molecule has 0 bridgehead atoms. The molecule has 2 aromatic rings. The highest BCUT2D eigenvalue weighted by molar-refractivity contribution is 7.89. The van der Waals surface area contributed by atoms with E-state index in [1.54, 1.807) is 23.1 Å². The van der Waals surface area contributed by atoms with E-state index in [2.05, 4.69) is 5.32 Å². The van der Waals surface area contributed by atoms with Crippen molar-refractivity contribution in [1.82, 2.24) is 5.32 Å². The van der Waals surface area contributed by atoms with Crippen molar-refractivity contribution < 1.29 is 18.0 Å². The molecule has 1 aliphatic rings. The fourth-order valence-corrected chi connectivity index (χ4v) is 3.70. The van der Waals surface area contributed by atoms with Crippen LogP contribution in [0.1, 0.15) is 17.5 Å². The molecule has 1 aliphatic heterocycles. The van der Waals surface area contributed by atoms with Crippen molar-refractivity contribution in [2.24, 2.45) is 11.1 Å². The summed E-state index contributed by atoms with van der Waals surface area (Å²) in [5.41, 5.74) is 2.32. The number of nitrogens with zero attached hydrogens (tertiary/aromatic N) is 1. The van der Waals surface area contributed by atoms with Gasteiger partial charge in [-0.15, -0.1) is 0 Å². The van der Waals surface area contributed by atoms with Gasteiger partial charge in [0.05, 0.1) is 10.8 Å². The zero-order valence-electron chi connectivity index (χ0n) is 15.2. The van der Waals surface area contributed by atoms with Gasteiger partial charge in [-0.2, -0.15) is 0 Å². The second-order valence-corrected chi connectivity index (χ2v) is 8.71. The first-order chi connectivity index (χ1) is 13.1. The number of carbonyl (C=O) groups is 2. The molecule has 1 fully saturated rings. The van der Waals surface area contributed by atoms with Crippen LogP contribution in [0.5, 0.6) is 0 Å². The fraction of sp³-hybridized carbons (Fsp3) is 0.263. The molecule has 0 aliphatic carbocycles.